The Hall–Kier alpha value is -2.12. The molecule has 3 atom stereocenters. The highest BCUT2D eigenvalue weighted by atomic mass is 16.6. The van der Waals surface area contributed by atoms with E-state index in [1.165, 1.54) is 0 Å². The summed E-state index contributed by atoms with van der Waals surface area (Å²) in [5.74, 6) is 0.0753. The molecule has 3 amide bonds. The van der Waals surface area contributed by atoms with Crippen LogP contribution in [-0.2, 0) is 19.1 Å². The van der Waals surface area contributed by atoms with Gasteiger partial charge in [-0.25, -0.2) is 4.79 Å². The van der Waals surface area contributed by atoms with Gasteiger partial charge in [-0.2, -0.15) is 0 Å². The molecule has 3 N–H and O–H groups in total. The summed E-state index contributed by atoms with van der Waals surface area (Å²) >= 11 is 0. The first-order valence-electron chi connectivity index (χ1n) is 11.3. The van der Waals surface area contributed by atoms with Crippen molar-refractivity contribution in [2.45, 2.75) is 90.3 Å². The van der Waals surface area contributed by atoms with Gasteiger partial charge in [-0.15, -0.1) is 0 Å². The number of nitrogens with one attached hydrogen (secondary N) is 3. The minimum absolute atomic E-state index is 0.0886. The predicted octanol–water partition coefficient (Wildman–Crippen LogP) is 2.31. The first-order chi connectivity index (χ1) is 14.3. The molecular weight excluding hydrogens is 386 g/mol. The molecule has 8 nitrogen and oxygen atoms in total. The van der Waals surface area contributed by atoms with E-state index in [-0.39, 0.29) is 30.3 Å². The van der Waals surface area contributed by atoms with Gasteiger partial charge in [0.05, 0.1) is 6.04 Å². The lowest BCUT2D eigenvalue weighted by Crippen LogP contribution is -2.51. The number of hydrogen-bond acceptors (Lipinski definition) is 5. The Morgan fingerprint density at radius 1 is 1.17 bits per heavy atom. The summed E-state index contributed by atoms with van der Waals surface area (Å²) in [7, 11) is 0. The fourth-order valence-electron chi connectivity index (χ4n) is 4.30. The van der Waals surface area contributed by atoms with Gasteiger partial charge in [0.2, 0.25) is 11.8 Å². The molecule has 2 aliphatic rings. The van der Waals surface area contributed by atoms with Gasteiger partial charge < -0.3 is 25.5 Å². The summed E-state index contributed by atoms with van der Waals surface area (Å²) in [6, 6.07) is -1.55. The van der Waals surface area contributed by atoms with Crippen LogP contribution in [0.15, 0.2) is 0 Å². The maximum absolute atomic E-state index is 12.8. The van der Waals surface area contributed by atoms with Crippen LogP contribution in [0, 0.1) is 17.8 Å². The van der Waals surface area contributed by atoms with Crippen molar-refractivity contribution in [1.29, 1.82) is 0 Å². The molecule has 0 aromatic heterocycles. The number of ether oxygens (including phenoxy) is 1. The van der Waals surface area contributed by atoms with Crippen LogP contribution in [0.1, 0.15) is 72.1 Å². The van der Waals surface area contributed by atoms with Crippen LogP contribution in [0.4, 0.5) is 4.79 Å². The van der Waals surface area contributed by atoms with E-state index in [1.807, 2.05) is 13.8 Å². The second-order valence-electron chi connectivity index (χ2n) is 9.05. The molecule has 3 unspecified atom stereocenters. The lowest BCUT2D eigenvalue weighted by atomic mass is 9.86. The largest absolute Gasteiger partial charge is 0.446 e. The Bertz CT molecular complexity index is 602. The van der Waals surface area contributed by atoms with E-state index in [0.29, 0.717) is 31.6 Å². The molecular formula is C22H37N3O5. The first kappa shape index (κ1) is 24.2. The summed E-state index contributed by atoms with van der Waals surface area (Å²) in [6.45, 7) is 6.69. The lowest BCUT2D eigenvalue weighted by molar-refractivity contribution is -0.127. The Morgan fingerprint density at radius 2 is 1.87 bits per heavy atom. The summed E-state index contributed by atoms with van der Waals surface area (Å²) in [6.07, 6.45) is 6.26. The van der Waals surface area contributed by atoms with Crippen LogP contribution in [-0.4, -0.2) is 48.9 Å². The van der Waals surface area contributed by atoms with Gasteiger partial charge in [0.25, 0.3) is 0 Å². The molecule has 2 fully saturated rings. The van der Waals surface area contributed by atoms with Crippen molar-refractivity contribution in [3.8, 4) is 0 Å². The normalized spacial score (nSPS) is 25.9. The molecule has 1 saturated heterocycles. The van der Waals surface area contributed by atoms with Gasteiger partial charge in [0.15, 0.2) is 0 Å². The van der Waals surface area contributed by atoms with E-state index < -0.39 is 24.1 Å². The summed E-state index contributed by atoms with van der Waals surface area (Å²) in [5.41, 5.74) is 0. The minimum atomic E-state index is -0.788. The van der Waals surface area contributed by atoms with Crippen LogP contribution in [0.5, 0.6) is 0 Å². The molecule has 0 aromatic rings. The Kier molecular flexibility index (Phi) is 9.59. The van der Waals surface area contributed by atoms with Gasteiger partial charge in [-0.3, -0.25) is 9.59 Å². The maximum Gasteiger partial charge on any atom is 0.408 e. The van der Waals surface area contributed by atoms with Crippen molar-refractivity contribution in [2.24, 2.45) is 17.8 Å². The average molecular weight is 424 g/mol. The molecule has 1 aliphatic heterocycles. The lowest BCUT2D eigenvalue weighted by Gasteiger charge is -2.28. The maximum atomic E-state index is 12.8. The fraction of sp³-hybridized carbons (Fsp3) is 0.818. The molecule has 0 radical (unpaired) electrons. The third-order valence-electron chi connectivity index (χ3n) is 6.15. The topological polar surface area (TPSA) is 114 Å². The number of alkyl carbamates (subject to hydrolysis) is 1. The zero-order valence-electron chi connectivity index (χ0n) is 18.4. The van der Waals surface area contributed by atoms with Crippen molar-refractivity contribution >= 4 is 24.2 Å². The fourth-order valence-corrected chi connectivity index (χ4v) is 4.30. The third-order valence-corrected chi connectivity index (χ3v) is 6.15. The SMILES string of the molecule is CCC1CCC(OC(=O)NC(CC(C)C)C(=O)NC(C=O)CC2CCNC2=O)CC1. The molecule has 170 valence electrons. The van der Waals surface area contributed by atoms with E-state index >= 15 is 0 Å². The zero-order valence-corrected chi connectivity index (χ0v) is 18.4. The van der Waals surface area contributed by atoms with Crippen molar-refractivity contribution in [1.82, 2.24) is 16.0 Å². The van der Waals surface area contributed by atoms with E-state index in [2.05, 4.69) is 22.9 Å². The highest BCUT2D eigenvalue weighted by molar-refractivity contribution is 5.88. The minimum Gasteiger partial charge on any atom is -0.446 e. The molecule has 1 aliphatic carbocycles. The summed E-state index contributed by atoms with van der Waals surface area (Å²) in [4.78, 5) is 48.4. The molecule has 2 rings (SSSR count). The Labute approximate surface area is 179 Å². The number of carbonyl (C=O) groups excluding carboxylic acids is 4. The monoisotopic (exact) mass is 423 g/mol. The number of aldehydes is 1. The first-order valence-corrected chi connectivity index (χ1v) is 11.3. The van der Waals surface area contributed by atoms with Crippen LogP contribution in [0.2, 0.25) is 0 Å². The van der Waals surface area contributed by atoms with Crippen molar-refractivity contribution in [2.75, 3.05) is 6.54 Å². The number of hydrogen-bond donors (Lipinski definition) is 3. The van der Waals surface area contributed by atoms with E-state index in [0.717, 1.165) is 32.1 Å². The number of rotatable bonds is 10. The van der Waals surface area contributed by atoms with E-state index in [9.17, 15) is 19.2 Å². The summed E-state index contributed by atoms with van der Waals surface area (Å²) < 4.78 is 5.55. The number of carbonyl (C=O) groups is 4. The van der Waals surface area contributed by atoms with Gasteiger partial charge in [-0.05, 0) is 56.8 Å². The highest BCUT2D eigenvalue weighted by Crippen LogP contribution is 2.28. The quantitative estimate of drug-likeness (QED) is 0.467. The Morgan fingerprint density at radius 3 is 2.40 bits per heavy atom. The molecule has 30 heavy (non-hydrogen) atoms. The summed E-state index contributed by atoms with van der Waals surface area (Å²) in [5, 5.41) is 8.10. The standard InChI is InChI=1S/C22H37N3O5/c1-4-15-5-7-18(8-6-15)30-22(29)25-19(11-14(2)3)21(28)24-17(13-26)12-16-9-10-23-20(16)27/h13-19H,4-12H2,1-3H3,(H,23,27)(H,24,28)(H,25,29). The smallest absolute Gasteiger partial charge is 0.408 e. The van der Waals surface area contributed by atoms with Crippen molar-refractivity contribution in [3.63, 3.8) is 0 Å². The number of amides is 3. The zero-order chi connectivity index (χ0) is 22.1. The van der Waals surface area contributed by atoms with Gasteiger partial charge in [-0.1, -0.05) is 27.2 Å². The average Bonchev–Trinajstić information content (AvgIpc) is 3.11. The van der Waals surface area contributed by atoms with Gasteiger partial charge in [0, 0.05) is 12.5 Å². The van der Waals surface area contributed by atoms with Crippen molar-refractivity contribution < 1.29 is 23.9 Å². The molecule has 0 bridgehead atoms. The molecule has 1 saturated carbocycles. The second kappa shape index (κ2) is 11.9. The van der Waals surface area contributed by atoms with Crippen LogP contribution < -0.4 is 16.0 Å². The third kappa shape index (κ3) is 7.61. The highest BCUT2D eigenvalue weighted by Gasteiger charge is 2.31. The van der Waals surface area contributed by atoms with Gasteiger partial charge >= 0.3 is 6.09 Å². The molecule has 1 heterocycles. The Balaban J connectivity index is 1.88. The van der Waals surface area contributed by atoms with Gasteiger partial charge in [0.1, 0.15) is 18.4 Å². The second-order valence-corrected chi connectivity index (χ2v) is 9.05. The van der Waals surface area contributed by atoms with Crippen LogP contribution in [0.3, 0.4) is 0 Å². The van der Waals surface area contributed by atoms with Crippen LogP contribution in [0.25, 0.3) is 0 Å². The molecule has 0 aromatic carbocycles. The van der Waals surface area contributed by atoms with Crippen LogP contribution >= 0.6 is 0 Å². The molecule has 0 spiro atoms. The van der Waals surface area contributed by atoms with E-state index in [1.54, 1.807) is 0 Å². The van der Waals surface area contributed by atoms with E-state index in [4.69, 9.17) is 4.74 Å². The molecule has 8 heteroatoms. The van der Waals surface area contributed by atoms with Crippen molar-refractivity contribution in [3.05, 3.63) is 0 Å². The predicted molar refractivity (Wildman–Crippen MR) is 113 cm³/mol.